The molecule has 4 nitrogen and oxygen atoms in total. The van der Waals surface area contributed by atoms with Crippen LogP contribution in [-0.2, 0) is 6.42 Å². The van der Waals surface area contributed by atoms with Crippen molar-refractivity contribution in [2.24, 2.45) is 0 Å². The van der Waals surface area contributed by atoms with Crippen molar-refractivity contribution in [3.8, 4) is 5.69 Å². The SMILES string of the molecule is CCc1c(C)nn(-c2ccc(C(=O)NCC(c3ccccc3)c3ccccc3)cc2)c1C. The summed E-state index contributed by atoms with van der Waals surface area (Å²) in [6.45, 7) is 6.81. The molecular formula is C28H29N3O. The molecule has 1 amide bonds. The van der Waals surface area contributed by atoms with E-state index in [0.717, 1.165) is 23.5 Å². The van der Waals surface area contributed by atoms with Gasteiger partial charge in [-0.15, -0.1) is 0 Å². The number of benzene rings is 3. The Bertz CT molecular complexity index is 1140. The lowest BCUT2D eigenvalue weighted by Crippen LogP contribution is -2.29. The number of hydrogen-bond donors (Lipinski definition) is 1. The molecule has 162 valence electrons. The Hall–Kier alpha value is -3.66. The quantitative estimate of drug-likeness (QED) is 0.420. The van der Waals surface area contributed by atoms with E-state index in [9.17, 15) is 4.79 Å². The number of rotatable bonds is 7. The van der Waals surface area contributed by atoms with Crippen molar-refractivity contribution in [3.63, 3.8) is 0 Å². The third kappa shape index (κ3) is 4.50. The van der Waals surface area contributed by atoms with Gasteiger partial charge in [0.2, 0.25) is 0 Å². The first-order valence-electron chi connectivity index (χ1n) is 11.1. The number of nitrogens with zero attached hydrogens (tertiary/aromatic N) is 2. The van der Waals surface area contributed by atoms with Crippen LogP contribution < -0.4 is 5.32 Å². The molecule has 3 aromatic carbocycles. The minimum Gasteiger partial charge on any atom is -0.351 e. The van der Waals surface area contributed by atoms with Crippen LogP contribution in [0.1, 0.15) is 51.3 Å². The largest absolute Gasteiger partial charge is 0.351 e. The highest BCUT2D eigenvalue weighted by atomic mass is 16.1. The highest BCUT2D eigenvalue weighted by molar-refractivity contribution is 5.94. The Morgan fingerprint density at radius 3 is 1.94 bits per heavy atom. The number of nitrogens with one attached hydrogen (secondary N) is 1. The molecule has 0 aliphatic rings. The third-order valence-electron chi connectivity index (χ3n) is 6.04. The maximum absolute atomic E-state index is 12.9. The lowest BCUT2D eigenvalue weighted by molar-refractivity contribution is 0.0952. The summed E-state index contributed by atoms with van der Waals surface area (Å²) in [6, 6.07) is 28.3. The van der Waals surface area contributed by atoms with Crippen LogP contribution in [0.5, 0.6) is 0 Å². The summed E-state index contributed by atoms with van der Waals surface area (Å²) in [7, 11) is 0. The van der Waals surface area contributed by atoms with Crippen LogP contribution in [0.2, 0.25) is 0 Å². The average molecular weight is 424 g/mol. The van der Waals surface area contributed by atoms with Gasteiger partial charge in [0, 0.05) is 23.7 Å². The van der Waals surface area contributed by atoms with Gasteiger partial charge in [0.25, 0.3) is 5.91 Å². The summed E-state index contributed by atoms with van der Waals surface area (Å²) in [5.41, 5.74) is 7.46. The fourth-order valence-corrected chi connectivity index (χ4v) is 4.29. The van der Waals surface area contributed by atoms with E-state index >= 15 is 0 Å². The minimum absolute atomic E-state index is 0.0731. The molecule has 1 N–H and O–H groups in total. The standard InChI is InChI=1S/C28H29N3O/c1-4-26-20(2)30-31(21(26)3)25-17-15-24(16-18-25)28(32)29-19-27(22-11-7-5-8-12-22)23-13-9-6-10-14-23/h5-18,27H,4,19H2,1-3H3,(H,29,32). The third-order valence-corrected chi connectivity index (χ3v) is 6.04. The number of aromatic nitrogens is 2. The van der Waals surface area contributed by atoms with Crippen LogP contribution in [0.3, 0.4) is 0 Å². The molecule has 4 aromatic rings. The summed E-state index contributed by atoms with van der Waals surface area (Å²) < 4.78 is 1.96. The zero-order valence-corrected chi connectivity index (χ0v) is 18.9. The second-order valence-electron chi connectivity index (χ2n) is 8.05. The van der Waals surface area contributed by atoms with Crippen molar-refractivity contribution < 1.29 is 4.79 Å². The van der Waals surface area contributed by atoms with E-state index in [1.165, 1.54) is 16.7 Å². The van der Waals surface area contributed by atoms with Gasteiger partial charge in [0.1, 0.15) is 0 Å². The fraction of sp³-hybridized carbons (Fsp3) is 0.214. The van der Waals surface area contributed by atoms with Gasteiger partial charge in [0.15, 0.2) is 0 Å². The molecule has 1 heterocycles. The van der Waals surface area contributed by atoms with Crippen molar-refractivity contribution in [1.82, 2.24) is 15.1 Å². The normalized spacial score (nSPS) is 11.0. The fourth-order valence-electron chi connectivity index (χ4n) is 4.29. The van der Waals surface area contributed by atoms with Crippen molar-refractivity contribution in [2.45, 2.75) is 33.1 Å². The van der Waals surface area contributed by atoms with Crippen LogP contribution in [0.15, 0.2) is 84.9 Å². The molecule has 0 spiro atoms. The lowest BCUT2D eigenvalue weighted by atomic mass is 9.91. The maximum atomic E-state index is 12.9. The molecule has 0 aliphatic carbocycles. The van der Waals surface area contributed by atoms with Crippen LogP contribution in [0.4, 0.5) is 0 Å². The van der Waals surface area contributed by atoms with E-state index in [2.05, 4.69) is 48.5 Å². The zero-order chi connectivity index (χ0) is 22.5. The van der Waals surface area contributed by atoms with Crippen molar-refractivity contribution in [2.75, 3.05) is 6.54 Å². The van der Waals surface area contributed by atoms with Crippen LogP contribution >= 0.6 is 0 Å². The molecule has 0 atom stereocenters. The molecule has 4 heteroatoms. The van der Waals surface area contributed by atoms with Gasteiger partial charge in [-0.3, -0.25) is 4.79 Å². The molecule has 0 radical (unpaired) electrons. The van der Waals surface area contributed by atoms with E-state index in [0.29, 0.717) is 12.1 Å². The number of amides is 1. The molecular weight excluding hydrogens is 394 g/mol. The van der Waals surface area contributed by atoms with Crippen molar-refractivity contribution in [1.29, 1.82) is 0 Å². The molecule has 4 rings (SSSR count). The molecule has 0 aliphatic heterocycles. The molecule has 0 bridgehead atoms. The smallest absolute Gasteiger partial charge is 0.251 e. The first kappa shape index (κ1) is 21.6. The van der Waals surface area contributed by atoms with E-state index < -0.39 is 0 Å². The molecule has 0 fully saturated rings. The second kappa shape index (κ2) is 9.65. The van der Waals surface area contributed by atoms with Gasteiger partial charge in [-0.1, -0.05) is 67.6 Å². The highest BCUT2D eigenvalue weighted by Gasteiger charge is 2.16. The average Bonchev–Trinajstić information content (AvgIpc) is 3.13. The van der Waals surface area contributed by atoms with Gasteiger partial charge in [-0.25, -0.2) is 4.68 Å². The maximum Gasteiger partial charge on any atom is 0.251 e. The Morgan fingerprint density at radius 1 is 0.875 bits per heavy atom. The van der Waals surface area contributed by atoms with Crippen LogP contribution in [0, 0.1) is 13.8 Å². The number of carbonyl (C=O) groups excluding carboxylic acids is 1. The summed E-state index contributed by atoms with van der Waals surface area (Å²) in [5, 5.41) is 7.80. The monoisotopic (exact) mass is 423 g/mol. The van der Waals surface area contributed by atoms with Gasteiger partial charge in [0.05, 0.1) is 11.4 Å². The summed E-state index contributed by atoms with van der Waals surface area (Å²) in [4.78, 5) is 12.9. The Kier molecular flexibility index (Phi) is 6.50. The van der Waals surface area contributed by atoms with Crippen LogP contribution in [0.25, 0.3) is 5.69 Å². The second-order valence-corrected chi connectivity index (χ2v) is 8.05. The van der Waals surface area contributed by atoms with Gasteiger partial charge < -0.3 is 5.32 Å². The first-order valence-corrected chi connectivity index (χ1v) is 11.1. The van der Waals surface area contributed by atoms with E-state index in [-0.39, 0.29) is 11.8 Å². The molecule has 1 aromatic heterocycles. The number of hydrogen-bond acceptors (Lipinski definition) is 2. The van der Waals surface area contributed by atoms with Crippen molar-refractivity contribution in [3.05, 3.63) is 119 Å². The predicted octanol–water partition coefficient (Wildman–Crippen LogP) is 5.61. The highest BCUT2D eigenvalue weighted by Crippen LogP contribution is 2.24. The molecule has 0 saturated carbocycles. The number of carbonyl (C=O) groups is 1. The van der Waals surface area contributed by atoms with Gasteiger partial charge in [-0.2, -0.15) is 5.10 Å². The molecule has 0 unspecified atom stereocenters. The Morgan fingerprint density at radius 2 is 1.44 bits per heavy atom. The van der Waals surface area contributed by atoms with E-state index in [1.807, 2.05) is 72.3 Å². The lowest BCUT2D eigenvalue weighted by Gasteiger charge is -2.19. The van der Waals surface area contributed by atoms with Crippen LogP contribution in [-0.4, -0.2) is 22.2 Å². The minimum atomic E-state index is -0.0731. The van der Waals surface area contributed by atoms with E-state index in [4.69, 9.17) is 0 Å². The summed E-state index contributed by atoms with van der Waals surface area (Å²) in [5.74, 6) is 0.0267. The Balaban J connectivity index is 1.50. The Labute approximate surface area is 189 Å². The van der Waals surface area contributed by atoms with E-state index in [1.54, 1.807) is 0 Å². The predicted molar refractivity (Wildman–Crippen MR) is 129 cm³/mol. The summed E-state index contributed by atoms with van der Waals surface area (Å²) >= 11 is 0. The topological polar surface area (TPSA) is 46.9 Å². The molecule has 32 heavy (non-hydrogen) atoms. The van der Waals surface area contributed by atoms with Gasteiger partial charge >= 0.3 is 0 Å². The van der Waals surface area contributed by atoms with Gasteiger partial charge in [-0.05, 0) is 61.2 Å². The zero-order valence-electron chi connectivity index (χ0n) is 18.9. The molecule has 0 saturated heterocycles. The van der Waals surface area contributed by atoms with Crippen molar-refractivity contribution >= 4 is 5.91 Å². The number of aryl methyl sites for hydroxylation is 1. The first-order chi connectivity index (χ1) is 15.6. The summed E-state index contributed by atoms with van der Waals surface area (Å²) in [6.07, 6.45) is 0.960.